The van der Waals surface area contributed by atoms with Crippen LogP contribution in [0.4, 0.5) is 5.69 Å². The Hall–Kier alpha value is -0.820. The van der Waals surface area contributed by atoms with Crippen LogP contribution in [0.1, 0.15) is 13.8 Å². The molecule has 1 atom stereocenters. The number of carbonyl (C=O) groups excluding carboxylic acids is 2. The fourth-order valence-corrected chi connectivity index (χ4v) is 2.23. The molecule has 8 heteroatoms. The van der Waals surface area contributed by atoms with Crippen molar-refractivity contribution in [2.75, 3.05) is 11.9 Å². The Morgan fingerprint density at radius 3 is 2.48 bits per heavy atom. The Labute approximate surface area is 141 Å². The number of carbonyl (C=O) groups is 2. The van der Waals surface area contributed by atoms with Gasteiger partial charge in [-0.15, -0.1) is 0 Å². The summed E-state index contributed by atoms with van der Waals surface area (Å²) in [6.45, 7) is 3.46. The lowest BCUT2D eigenvalue weighted by Crippen LogP contribution is -2.46. The number of anilines is 1. The van der Waals surface area contributed by atoms with E-state index < -0.39 is 11.9 Å². The molecule has 0 aromatic heterocycles. The third-order valence-electron chi connectivity index (χ3n) is 2.75. The lowest BCUT2D eigenvalue weighted by Gasteiger charge is -2.15. The van der Waals surface area contributed by atoms with Gasteiger partial charge in [-0.25, -0.2) is 0 Å². The zero-order chi connectivity index (χ0) is 16.2. The quantitative estimate of drug-likeness (QED) is 0.669. The molecule has 4 N–H and O–H groups in total. The van der Waals surface area contributed by atoms with Crippen molar-refractivity contribution < 1.29 is 9.59 Å². The van der Waals surface area contributed by atoms with Gasteiger partial charge in [-0.2, -0.15) is 0 Å². The summed E-state index contributed by atoms with van der Waals surface area (Å²) in [5, 5.41) is 5.57. The fraction of sp³-hybridized carbons (Fsp3) is 0.385. The van der Waals surface area contributed by atoms with Gasteiger partial charge in [0.15, 0.2) is 0 Å². The van der Waals surface area contributed by atoms with Crippen molar-refractivity contribution in [3.05, 3.63) is 26.7 Å². The second kappa shape index (κ2) is 7.98. The molecule has 1 aromatic rings. The van der Waals surface area contributed by atoms with E-state index in [1.165, 1.54) is 0 Å². The molecule has 21 heavy (non-hydrogen) atoms. The minimum absolute atomic E-state index is 0.00668. The molecule has 0 fully saturated rings. The molecule has 0 radical (unpaired) electrons. The van der Waals surface area contributed by atoms with Crippen molar-refractivity contribution in [2.24, 2.45) is 11.7 Å². The summed E-state index contributed by atoms with van der Waals surface area (Å²) in [5.74, 6) is -0.799. The van der Waals surface area contributed by atoms with Crippen molar-refractivity contribution in [1.29, 1.82) is 0 Å². The van der Waals surface area contributed by atoms with Gasteiger partial charge in [-0.1, -0.05) is 37.0 Å². The van der Waals surface area contributed by atoms with Crippen LogP contribution < -0.4 is 16.4 Å². The molecule has 0 unspecified atom stereocenters. The molecule has 0 saturated carbocycles. The highest BCUT2D eigenvalue weighted by Crippen LogP contribution is 2.35. The van der Waals surface area contributed by atoms with Crippen LogP contribution in [0.15, 0.2) is 16.6 Å². The molecule has 0 heterocycles. The smallest absolute Gasteiger partial charge is 0.243 e. The van der Waals surface area contributed by atoms with Gasteiger partial charge in [0.05, 0.1) is 28.3 Å². The average Bonchev–Trinajstić information content (AvgIpc) is 2.44. The highest BCUT2D eigenvalue weighted by Gasteiger charge is 2.18. The molecule has 0 aliphatic carbocycles. The highest BCUT2D eigenvalue weighted by molar-refractivity contribution is 9.10. The SMILES string of the molecule is CC(C)[C@H](N)C(=O)NCC(=O)Nc1ccc(Br)c(Cl)c1Cl. The van der Waals surface area contributed by atoms with Crippen molar-refractivity contribution in [3.8, 4) is 0 Å². The van der Waals surface area contributed by atoms with E-state index in [4.69, 9.17) is 28.9 Å². The van der Waals surface area contributed by atoms with Gasteiger partial charge in [0.2, 0.25) is 11.8 Å². The molecule has 2 amide bonds. The van der Waals surface area contributed by atoms with Crippen LogP contribution in [-0.2, 0) is 9.59 Å². The minimum Gasteiger partial charge on any atom is -0.346 e. The molecule has 0 bridgehead atoms. The number of nitrogens with two attached hydrogens (primary N) is 1. The van der Waals surface area contributed by atoms with E-state index in [-0.39, 0.29) is 23.4 Å². The first-order chi connectivity index (χ1) is 9.73. The number of hydrogen-bond acceptors (Lipinski definition) is 3. The predicted octanol–water partition coefficient (Wildman–Crippen LogP) is 2.79. The maximum Gasteiger partial charge on any atom is 0.243 e. The Morgan fingerprint density at radius 2 is 1.90 bits per heavy atom. The van der Waals surface area contributed by atoms with Crippen LogP contribution in [0.25, 0.3) is 0 Å². The van der Waals surface area contributed by atoms with Crippen molar-refractivity contribution >= 4 is 56.6 Å². The zero-order valence-electron chi connectivity index (χ0n) is 11.5. The molecule has 1 rings (SSSR count). The first-order valence-corrected chi connectivity index (χ1v) is 7.75. The third kappa shape index (κ3) is 5.14. The van der Waals surface area contributed by atoms with Crippen molar-refractivity contribution in [2.45, 2.75) is 19.9 Å². The molecule has 116 valence electrons. The van der Waals surface area contributed by atoms with E-state index in [0.29, 0.717) is 15.2 Å². The average molecular weight is 397 g/mol. The lowest BCUT2D eigenvalue weighted by molar-refractivity contribution is -0.125. The highest BCUT2D eigenvalue weighted by atomic mass is 79.9. The minimum atomic E-state index is -0.650. The van der Waals surface area contributed by atoms with Crippen LogP contribution >= 0.6 is 39.1 Å². The molecular formula is C13H16BrCl2N3O2. The molecule has 0 spiro atoms. The normalized spacial score (nSPS) is 12.1. The van der Waals surface area contributed by atoms with E-state index in [2.05, 4.69) is 26.6 Å². The van der Waals surface area contributed by atoms with Crippen molar-refractivity contribution in [3.63, 3.8) is 0 Å². The zero-order valence-corrected chi connectivity index (χ0v) is 14.6. The summed E-state index contributed by atoms with van der Waals surface area (Å²) in [6.07, 6.45) is 0. The summed E-state index contributed by atoms with van der Waals surface area (Å²) >= 11 is 15.2. The van der Waals surface area contributed by atoms with E-state index in [1.54, 1.807) is 12.1 Å². The molecule has 0 saturated heterocycles. The van der Waals surface area contributed by atoms with E-state index in [0.717, 1.165) is 0 Å². The molecule has 0 aliphatic rings. The largest absolute Gasteiger partial charge is 0.346 e. The Kier molecular flexibility index (Phi) is 6.93. The van der Waals surface area contributed by atoms with Gasteiger partial charge >= 0.3 is 0 Å². The summed E-state index contributed by atoms with van der Waals surface area (Å²) < 4.78 is 0.628. The van der Waals surface area contributed by atoms with Gasteiger partial charge in [0.1, 0.15) is 0 Å². The maximum atomic E-state index is 11.8. The third-order valence-corrected chi connectivity index (χ3v) is 4.52. The molecule has 5 nitrogen and oxygen atoms in total. The number of benzene rings is 1. The standard InChI is InChI=1S/C13H16BrCl2N3O2/c1-6(2)12(17)13(21)18-5-9(20)19-8-4-3-7(14)10(15)11(8)16/h3-4,6,12H,5,17H2,1-2H3,(H,18,21)(H,19,20)/t12-/m0/s1. The van der Waals surface area contributed by atoms with Crippen molar-refractivity contribution in [1.82, 2.24) is 5.32 Å². The second-order valence-electron chi connectivity index (χ2n) is 4.76. The number of hydrogen-bond donors (Lipinski definition) is 3. The number of nitrogens with one attached hydrogen (secondary N) is 2. The Bertz CT molecular complexity index is 552. The summed E-state index contributed by atoms with van der Waals surface area (Å²) in [5.41, 5.74) is 6.04. The fourth-order valence-electron chi connectivity index (χ4n) is 1.40. The summed E-state index contributed by atoms with van der Waals surface area (Å²) in [6, 6.07) is 2.62. The Balaban J connectivity index is 2.59. The number of halogens is 3. The van der Waals surface area contributed by atoms with Crippen LogP contribution in [0.3, 0.4) is 0 Å². The summed E-state index contributed by atoms with van der Waals surface area (Å²) in [7, 11) is 0. The van der Waals surface area contributed by atoms with E-state index in [9.17, 15) is 9.59 Å². The summed E-state index contributed by atoms with van der Waals surface area (Å²) in [4.78, 5) is 23.4. The van der Waals surface area contributed by atoms with Crippen LogP contribution in [0.2, 0.25) is 10.0 Å². The topological polar surface area (TPSA) is 84.2 Å². The number of rotatable bonds is 5. The van der Waals surface area contributed by atoms with Crippen LogP contribution in [-0.4, -0.2) is 24.4 Å². The van der Waals surface area contributed by atoms with E-state index >= 15 is 0 Å². The second-order valence-corrected chi connectivity index (χ2v) is 6.37. The molecule has 0 aliphatic heterocycles. The molecular weight excluding hydrogens is 381 g/mol. The van der Waals surface area contributed by atoms with Crippen LogP contribution in [0, 0.1) is 5.92 Å². The van der Waals surface area contributed by atoms with E-state index in [1.807, 2.05) is 13.8 Å². The van der Waals surface area contributed by atoms with Crippen LogP contribution in [0.5, 0.6) is 0 Å². The lowest BCUT2D eigenvalue weighted by atomic mass is 10.1. The number of amides is 2. The predicted molar refractivity (Wildman–Crippen MR) is 88.6 cm³/mol. The van der Waals surface area contributed by atoms with Gasteiger partial charge in [0, 0.05) is 4.47 Å². The first-order valence-electron chi connectivity index (χ1n) is 6.20. The Morgan fingerprint density at radius 1 is 1.29 bits per heavy atom. The van der Waals surface area contributed by atoms with Gasteiger partial charge in [-0.3, -0.25) is 9.59 Å². The monoisotopic (exact) mass is 395 g/mol. The van der Waals surface area contributed by atoms with Gasteiger partial charge in [-0.05, 0) is 34.0 Å². The van der Waals surface area contributed by atoms with Gasteiger partial charge in [0.25, 0.3) is 0 Å². The molecule has 1 aromatic carbocycles. The first kappa shape index (κ1) is 18.2. The van der Waals surface area contributed by atoms with Gasteiger partial charge < -0.3 is 16.4 Å². The maximum absolute atomic E-state index is 11.8.